The van der Waals surface area contributed by atoms with E-state index in [2.05, 4.69) is 27.7 Å². The minimum atomic E-state index is -1.17. The van der Waals surface area contributed by atoms with Crippen LogP contribution < -0.4 is 4.74 Å². The molecule has 2 heterocycles. The van der Waals surface area contributed by atoms with Gasteiger partial charge in [-0.2, -0.15) is 5.10 Å². The minimum Gasteiger partial charge on any atom is -0.591 e. The molecule has 1 fully saturated rings. The largest absolute Gasteiger partial charge is 0.591 e. The van der Waals surface area contributed by atoms with Gasteiger partial charge in [-0.05, 0) is 69.9 Å². The maximum atomic E-state index is 12.2. The molecule has 1 unspecified atom stereocenters. The zero-order chi connectivity index (χ0) is 21.8. The fourth-order valence-corrected chi connectivity index (χ4v) is 4.60. The first-order valence-corrected chi connectivity index (χ1v) is 12.1. The van der Waals surface area contributed by atoms with Crippen LogP contribution in [0.15, 0.2) is 59.3 Å². The van der Waals surface area contributed by atoms with Crippen molar-refractivity contribution in [3.63, 3.8) is 0 Å². The van der Waals surface area contributed by atoms with Crippen LogP contribution in [0.25, 0.3) is 5.52 Å². The van der Waals surface area contributed by atoms with Gasteiger partial charge < -0.3 is 9.29 Å². The van der Waals surface area contributed by atoms with E-state index in [0.29, 0.717) is 18.4 Å². The first kappa shape index (κ1) is 21.9. The van der Waals surface area contributed by atoms with E-state index in [9.17, 15) is 4.55 Å². The van der Waals surface area contributed by atoms with E-state index < -0.39 is 11.4 Å². The Morgan fingerprint density at radius 3 is 2.61 bits per heavy atom. The third-order valence-electron chi connectivity index (χ3n) is 5.87. The molecule has 0 radical (unpaired) electrons. The highest BCUT2D eigenvalue weighted by molar-refractivity contribution is 7.91. The second-order valence-corrected chi connectivity index (χ2v) is 11.2. The van der Waals surface area contributed by atoms with Crippen molar-refractivity contribution in [2.45, 2.75) is 63.7 Å². The van der Waals surface area contributed by atoms with Gasteiger partial charge in [-0.25, -0.2) is 4.52 Å². The average molecular weight is 438 g/mol. The normalized spacial score (nSPS) is 20.9. The molecule has 5 nitrogen and oxygen atoms in total. The van der Waals surface area contributed by atoms with Gasteiger partial charge in [0.05, 0.1) is 17.9 Å². The highest BCUT2D eigenvalue weighted by Crippen LogP contribution is 2.37. The SMILES string of the molecule is CC(C)(C)[S+]([O-])/N=C/[C@H]1CC[C@H](c2cnn3ccc(OCc4ccccc4)cc23)CC1. The Balaban J connectivity index is 1.40. The summed E-state index contributed by atoms with van der Waals surface area (Å²) < 4.78 is 24.2. The van der Waals surface area contributed by atoms with Gasteiger partial charge in [0.2, 0.25) is 0 Å². The Morgan fingerprint density at radius 2 is 1.90 bits per heavy atom. The van der Waals surface area contributed by atoms with Crippen LogP contribution >= 0.6 is 0 Å². The lowest BCUT2D eigenvalue weighted by Crippen LogP contribution is -2.26. The Bertz CT molecular complexity index is 1020. The number of ether oxygens (including phenoxy) is 1. The first-order chi connectivity index (χ1) is 14.9. The summed E-state index contributed by atoms with van der Waals surface area (Å²) in [6.07, 6.45) is 10.2. The summed E-state index contributed by atoms with van der Waals surface area (Å²) in [5.41, 5.74) is 3.57. The zero-order valence-corrected chi connectivity index (χ0v) is 19.3. The van der Waals surface area contributed by atoms with Crippen LogP contribution in [0, 0.1) is 5.92 Å². The molecule has 0 bridgehead atoms. The van der Waals surface area contributed by atoms with Crippen molar-refractivity contribution < 1.29 is 9.29 Å². The second-order valence-electron chi connectivity index (χ2n) is 9.29. The van der Waals surface area contributed by atoms with Gasteiger partial charge in [0, 0.05) is 17.8 Å². The number of hydrogen-bond acceptors (Lipinski definition) is 4. The summed E-state index contributed by atoms with van der Waals surface area (Å²) >= 11 is -1.17. The van der Waals surface area contributed by atoms with Gasteiger partial charge in [0.25, 0.3) is 0 Å². The van der Waals surface area contributed by atoms with Crippen molar-refractivity contribution in [1.82, 2.24) is 9.61 Å². The Kier molecular flexibility index (Phi) is 6.68. The monoisotopic (exact) mass is 437 g/mol. The van der Waals surface area contributed by atoms with E-state index in [1.165, 1.54) is 5.56 Å². The fraction of sp³-hybridized carbons (Fsp3) is 0.440. The Hall–Kier alpha value is -2.31. The smallest absolute Gasteiger partial charge is 0.144 e. The predicted molar refractivity (Wildman–Crippen MR) is 127 cm³/mol. The van der Waals surface area contributed by atoms with Crippen molar-refractivity contribution in [2.75, 3.05) is 0 Å². The molecule has 31 heavy (non-hydrogen) atoms. The summed E-state index contributed by atoms with van der Waals surface area (Å²) in [7, 11) is 0. The molecule has 0 saturated heterocycles. The van der Waals surface area contributed by atoms with Crippen LogP contribution in [-0.4, -0.2) is 25.1 Å². The molecule has 1 aromatic carbocycles. The third-order valence-corrected chi connectivity index (χ3v) is 7.23. The quantitative estimate of drug-likeness (QED) is 0.366. The second kappa shape index (κ2) is 9.45. The molecular weight excluding hydrogens is 406 g/mol. The number of aromatic nitrogens is 2. The lowest BCUT2D eigenvalue weighted by molar-refractivity contribution is 0.306. The molecule has 0 spiro atoms. The van der Waals surface area contributed by atoms with Crippen molar-refractivity contribution in [2.24, 2.45) is 10.3 Å². The van der Waals surface area contributed by atoms with Gasteiger partial charge in [-0.3, -0.25) is 0 Å². The zero-order valence-electron chi connectivity index (χ0n) is 18.5. The van der Waals surface area contributed by atoms with Crippen LogP contribution in [0.2, 0.25) is 0 Å². The summed E-state index contributed by atoms with van der Waals surface area (Å²) in [6.45, 7) is 6.43. The molecular formula is C25H31N3O2S. The lowest BCUT2D eigenvalue weighted by Gasteiger charge is -2.26. The van der Waals surface area contributed by atoms with E-state index >= 15 is 0 Å². The molecule has 0 amide bonds. The number of nitrogens with zero attached hydrogens (tertiary/aromatic N) is 3. The topological polar surface area (TPSA) is 62.0 Å². The van der Waals surface area contributed by atoms with Crippen LogP contribution in [0.4, 0.5) is 0 Å². The van der Waals surface area contributed by atoms with Crippen molar-refractivity contribution >= 4 is 23.1 Å². The lowest BCUT2D eigenvalue weighted by atomic mass is 9.79. The van der Waals surface area contributed by atoms with E-state index in [-0.39, 0.29) is 4.75 Å². The van der Waals surface area contributed by atoms with Crippen molar-refractivity contribution in [3.05, 3.63) is 66.0 Å². The summed E-state index contributed by atoms with van der Waals surface area (Å²) in [4.78, 5) is 0. The number of rotatable bonds is 6. The summed E-state index contributed by atoms with van der Waals surface area (Å²) in [6, 6.07) is 14.3. The highest BCUT2D eigenvalue weighted by atomic mass is 32.2. The van der Waals surface area contributed by atoms with E-state index in [4.69, 9.17) is 4.74 Å². The van der Waals surface area contributed by atoms with Crippen molar-refractivity contribution in [3.8, 4) is 5.75 Å². The third kappa shape index (κ3) is 5.49. The molecule has 164 valence electrons. The van der Waals surface area contributed by atoms with Crippen LogP contribution in [-0.2, 0) is 18.0 Å². The Morgan fingerprint density at radius 1 is 1.16 bits per heavy atom. The van der Waals surface area contributed by atoms with Gasteiger partial charge in [0.15, 0.2) is 0 Å². The summed E-state index contributed by atoms with van der Waals surface area (Å²) in [5, 5.41) is 4.55. The molecule has 1 aliphatic rings. The molecule has 2 aromatic heterocycles. The molecule has 3 aromatic rings. The van der Waals surface area contributed by atoms with Crippen LogP contribution in [0.3, 0.4) is 0 Å². The maximum absolute atomic E-state index is 12.2. The van der Waals surface area contributed by atoms with Crippen molar-refractivity contribution in [1.29, 1.82) is 0 Å². The van der Waals surface area contributed by atoms with Crippen LogP contribution in [0.5, 0.6) is 5.75 Å². The highest BCUT2D eigenvalue weighted by Gasteiger charge is 2.28. The molecule has 6 heteroatoms. The van der Waals surface area contributed by atoms with Gasteiger partial charge in [-0.15, -0.1) is 0 Å². The van der Waals surface area contributed by atoms with Crippen LogP contribution in [0.1, 0.15) is 63.5 Å². The molecule has 0 aliphatic heterocycles. The molecule has 1 saturated carbocycles. The minimum absolute atomic E-state index is 0.301. The maximum Gasteiger partial charge on any atom is 0.144 e. The standard InChI is InChI=1S/C25H31N3O2S/c1-25(2,3)31(29)27-16-19-9-11-21(12-10-19)23-17-26-28-14-13-22(15-24(23)28)30-18-20-7-5-4-6-8-20/h4-8,13-17,19,21H,9-12,18H2,1-3H3/b27-16+/t19-,21-,31?. The summed E-state index contributed by atoms with van der Waals surface area (Å²) in [5.74, 6) is 1.76. The van der Waals surface area contributed by atoms with E-state index in [0.717, 1.165) is 42.5 Å². The first-order valence-electron chi connectivity index (χ1n) is 11.0. The number of hydrogen-bond donors (Lipinski definition) is 0. The van der Waals surface area contributed by atoms with Gasteiger partial charge >= 0.3 is 0 Å². The number of benzene rings is 1. The number of fused-ring (bicyclic) bond motifs is 1. The molecule has 1 atom stereocenters. The Labute approximate surface area is 187 Å². The van der Waals surface area contributed by atoms with Gasteiger partial charge in [-0.1, -0.05) is 34.7 Å². The number of pyridine rings is 1. The van der Waals surface area contributed by atoms with E-state index in [1.807, 2.05) is 68.2 Å². The predicted octanol–water partition coefficient (Wildman–Crippen LogP) is 5.72. The molecule has 0 N–H and O–H groups in total. The fourth-order valence-electron chi connectivity index (χ4n) is 4.00. The molecule has 1 aliphatic carbocycles. The molecule has 4 rings (SSSR count). The van der Waals surface area contributed by atoms with E-state index in [1.54, 1.807) is 0 Å². The van der Waals surface area contributed by atoms with Gasteiger partial charge in [0.1, 0.15) is 28.5 Å². The average Bonchev–Trinajstić information content (AvgIpc) is 3.20.